The second-order valence-electron chi connectivity index (χ2n) is 3.01. The fourth-order valence-corrected chi connectivity index (χ4v) is 1.08. The average molecular weight is 124 g/mol. The molecule has 1 rings (SSSR count). The molecule has 1 aliphatic rings. The van der Waals surface area contributed by atoms with Crippen molar-refractivity contribution in [3.63, 3.8) is 0 Å². The monoisotopic (exact) mass is 124 g/mol. The highest BCUT2D eigenvalue weighted by Crippen LogP contribution is 2.36. The van der Waals surface area contributed by atoms with Gasteiger partial charge in [-0.05, 0) is 32.1 Å². The highest BCUT2D eigenvalue weighted by Gasteiger charge is 2.22. The van der Waals surface area contributed by atoms with Gasteiger partial charge in [0.25, 0.3) is 0 Å². The van der Waals surface area contributed by atoms with Crippen LogP contribution in [-0.2, 0) is 0 Å². The smallest absolute Gasteiger partial charge is 0.0206 e. The molecule has 0 aromatic heterocycles. The van der Waals surface area contributed by atoms with Gasteiger partial charge in [0.15, 0.2) is 0 Å². The quantitative estimate of drug-likeness (QED) is 0.507. The summed E-state index contributed by atoms with van der Waals surface area (Å²) in [5.41, 5.74) is 1.64. The summed E-state index contributed by atoms with van der Waals surface area (Å²) in [6.07, 6.45) is 7.88. The van der Waals surface area contributed by atoms with Crippen LogP contribution in [0.25, 0.3) is 0 Å². The van der Waals surface area contributed by atoms with E-state index < -0.39 is 0 Å². The first kappa shape index (κ1) is 6.85. The molecule has 0 radical (unpaired) electrons. The maximum absolute atomic E-state index is 2.40. The van der Waals surface area contributed by atoms with Crippen LogP contribution in [0, 0.1) is 5.92 Å². The Bertz CT molecular complexity index is 107. The number of allylic oxidation sites excluding steroid dienone is 2. The van der Waals surface area contributed by atoms with Crippen molar-refractivity contribution < 1.29 is 0 Å². The highest BCUT2D eigenvalue weighted by atomic mass is 14.3. The SMILES string of the molecule is CCC/C=C(/C)C1CC1. The van der Waals surface area contributed by atoms with Gasteiger partial charge in [-0.1, -0.05) is 25.0 Å². The number of rotatable bonds is 3. The molecule has 1 saturated carbocycles. The summed E-state index contributed by atoms with van der Waals surface area (Å²) in [7, 11) is 0. The molecule has 0 spiro atoms. The molecule has 0 unspecified atom stereocenters. The van der Waals surface area contributed by atoms with Gasteiger partial charge < -0.3 is 0 Å². The fourth-order valence-electron chi connectivity index (χ4n) is 1.08. The first-order valence-corrected chi connectivity index (χ1v) is 4.01. The summed E-state index contributed by atoms with van der Waals surface area (Å²) in [5.74, 6) is 0.983. The maximum Gasteiger partial charge on any atom is -0.0206 e. The number of unbranched alkanes of at least 4 members (excludes halogenated alkanes) is 1. The van der Waals surface area contributed by atoms with E-state index in [0.717, 1.165) is 5.92 Å². The summed E-state index contributed by atoms with van der Waals surface area (Å²) < 4.78 is 0. The van der Waals surface area contributed by atoms with Gasteiger partial charge in [0.1, 0.15) is 0 Å². The summed E-state index contributed by atoms with van der Waals surface area (Å²) in [4.78, 5) is 0. The standard InChI is InChI=1S/C9H16/c1-3-4-5-8(2)9-6-7-9/h5,9H,3-4,6-7H2,1-2H3/b8-5-. The van der Waals surface area contributed by atoms with E-state index in [0.29, 0.717) is 0 Å². The summed E-state index contributed by atoms with van der Waals surface area (Å²) in [6, 6.07) is 0. The van der Waals surface area contributed by atoms with Crippen molar-refractivity contribution in [2.45, 2.75) is 39.5 Å². The molecule has 0 bridgehead atoms. The molecule has 9 heavy (non-hydrogen) atoms. The highest BCUT2D eigenvalue weighted by molar-refractivity contribution is 5.08. The molecule has 1 aliphatic carbocycles. The van der Waals surface area contributed by atoms with Crippen molar-refractivity contribution >= 4 is 0 Å². The summed E-state index contributed by atoms with van der Waals surface area (Å²) in [5, 5.41) is 0. The van der Waals surface area contributed by atoms with E-state index in [4.69, 9.17) is 0 Å². The second kappa shape index (κ2) is 3.05. The van der Waals surface area contributed by atoms with Crippen LogP contribution in [0.1, 0.15) is 39.5 Å². The van der Waals surface area contributed by atoms with E-state index >= 15 is 0 Å². The Labute approximate surface area is 58.0 Å². The van der Waals surface area contributed by atoms with E-state index in [2.05, 4.69) is 19.9 Å². The van der Waals surface area contributed by atoms with Crippen LogP contribution in [0.15, 0.2) is 11.6 Å². The molecule has 0 amide bonds. The lowest BCUT2D eigenvalue weighted by atomic mass is 10.1. The van der Waals surface area contributed by atoms with Gasteiger partial charge in [0.2, 0.25) is 0 Å². The molecule has 0 N–H and O–H groups in total. The third-order valence-corrected chi connectivity index (χ3v) is 1.98. The van der Waals surface area contributed by atoms with E-state index in [9.17, 15) is 0 Å². The van der Waals surface area contributed by atoms with Gasteiger partial charge in [-0.2, -0.15) is 0 Å². The Morgan fingerprint density at radius 1 is 1.56 bits per heavy atom. The molecule has 0 saturated heterocycles. The zero-order valence-electron chi connectivity index (χ0n) is 6.48. The summed E-state index contributed by atoms with van der Waals surface area (Å²) in [6.45, 7) is 4.50. The van der Waals surface area contributed by atoms with Crippen molar-refractivity contribution in [2.24, 2.45) is 5.92 Å². The molecule has 0 heteroatoms. The van der Waals surface area contributed by atoms with Crippen LogP contribution in [-0.4, -0.2) is 0 Å². The molecule has 0 aliphatic heterocycles. The lowest BCUT2D eigenvalue weighted by molar-refractivity contribution is 0.913. The van der Waals surface area contributed by atoms with Crippen LogP contribution in [0.2, 0.25) is 0 Å². The van der Waals surface area contributed by atoms with E-state index in [-0.39, 0.29) is 0 Å². The molecular formula is C9H16. The van der Waals surface area contributed by atoms with Crippen molar-refractivity contribution in [3.8, 4) is 0 Å². The van der Waals surface area contributed by atoms with Gasteiger partial charge >= 0.3 is 0 Å². The van der Waals surface area contributed by atoms with E-state index in [1.165, 1.54) is 25.7 Å². The summed E-state index contributed by atoms with van der Waals surface area (Å²) >= 11 is 0. The van der Waals surface area contributed by atoms with Crippen LogP contribution < -0.4 is 0 Å². The molecule has 0 nitrogen and oxygen atoms in total. The topological polar surface area (TPSA) is 0 Å². The predicted molar refractivity (Wildman–Crippen MR) is 41.4 cm³/mol. The molecular weight excluding hydrogens is 108 g/mol. The third-order valence-electron chi connectivity index (χ3n) is 1.98. The Balaban J connectivity index is 2.20. The largest absolute Gasteiger partial charge is 0.0853 e. The minimum absolute atomic E-state index is 0.983. The maximum atomic E-state index is 2.40. The fraction of sp³-hybridized carbons (Fsp3) is 0.778. The first-order chi connectivity index (χ1) is 4.34. The Morgan fingerprint density at radius 2 is 2.22 bits per heavy atom. The van der Waals surface area contributed by atoms with Crippen LogP contribution in [0.4, 0.5) is 0 Å². The Morgan fingerprint density at radius 3 is 2.67 bits per heavy atom. The molecule has 52 valence electrons. The zero-order chi connectivity index (χ0) is 6.69. The van der Waals surface area contributed by atoms with Crippen molar-refractivity contribution in [1.82, 2.24) is 0 Å². The molecule has 0 atom stereocenters. The average Bonchev–Trinajstić information content (AvgIpc) is 2.63. The lowest BCUT2D eigenvalue weighted by Gasteiger charge is -1.93. The van der Waals surface area contributed by atoms with Crippen molar-refractivity contribution in [2.75, 3.05) is 0 Å². The van der Waals surface area contributed by atoms with E-state index in [1.54, 1.807) is 5.57 Å². The van der Waals surface area contributed by atoms with Gasteiger partial charge in [-0.25, -0.2) is 0 Å². The van der Waals surface area contributed by atoms with Gasteiger partial charge in [-0.15, -0.1) is 0 Å². The Hall–Kier alpha value is -0.260. The minimum atomic E-state index is 0.983. The van der Waals surface area contributed by atoms with Crippen LogP contribution in [0.5, 0.6) is 0 Å². The lowest BCUT2D eigenvalue weighted by Crippen LogP contribution is -1.76. The van der Waals surface area contributed by atoms with Crippen molar-refractivity contribution in [1.29, 1.82) is 0 Å². The molecule has 0 aromatic rings. The van der Waals surface area contributed by atoms with Crippen LogP contribution in [0.3, 0.4) is 0 Å². The van der Waals surface area contributed by atoms with Gasteiger partial charge in [0.05, 0.1) is 0 Å². The zero-order valence-corrected chi connectivity index (χ0v) is 6.48. The second-order valence-corrected chi connectivity index (χ2v) is 3.01. The number of hydrogen-bond donors (Lipinski definition) is 0. The third kappa shape index (κ3) is 2.21. The first-order valence-electron chi connectivity index (χ1n) is 4.01. The molecule has 0 aromatic carbocycles. The molecule has 0 heterocycles. The molecule has 1 fully saturated rings. The Kier molecular flexibility index (Phi) is 2.32. The van der Waals surface area contributed by atoms with Crippen molar-refractivity contribution in [3.05, 3.63) is 11.6 Å². The number of hydrogen-bond acceptors (Lipinski definition) is 0. The van der Waals surface area contributed by atoms with Gasteiger partial charge in [0, 0.05) is 0 Å². The van der Waals surface area contributed by atoms with Crippen LogP contribution >= 0.6 is 0 Å². The predicted octanol–water partition coefficient (Wildman–Crippen LogP) is 3.14. The van der Waals surface area contributed by atoms with E-state index in [1.807, 2.05) is 0 Å². The minimum Gasteiger partial charge on any atom is -0.0853 e. The normalized spacial score (nSPS) is 20.4. The van der Waals surface area contributed by atoms with Gasteiger partial charge in [-0.3, -0.25) is 0 Å².